The van der Waals surface area contributed by atoms with Gasteiger partial charge in [0, 0.05) is 109 Å². The topological polar surface area (TPSA) is 354 Å². The maximum Gasteiger partial charge on any atom is 0.409 e. The first-order valence-corrected chi connectivity index (χ1v) is 34.1. The molecular weight excluding hydrogens is 1290 g/mol. The number of hydrogen-bond acceptors (Lipinski definition) is 20. The van der Waals surface area contributed by atoms with Gasteiger partial charge in [0.2, 0.25) is 5.91 Å². The number of likely N-dealkylation sites (N-methyl/N-ethyl adjacent to an activating group) is 1. The summed E-state index contributed by atoms with van der Waals surface area (Å²) < 4.78 is 33.6. The number of aliphatic hydroxyl groups is 3. The molecule has 5 heterocycles. The zero-order valence-electron chi connectivity index (χ0n) is 55.5. The Balaban J connectivity index is 0.660. The SMILES string of the molecule is Cc1c(-c2ccc(-c3cnc4cccc(C(=O)Nc5nc6ccccc6s5)c4c3)nc2C(=O)O)cnn1CC12CC3(C)CC(C)(C1)CC(OCCN(C)C(=O)OCc1ccc(O[C@@H]4C[C@H](C(=O)O)[C@@H](O)[C@H](O)[C@H]4O)cc1OCCOCCNC(=O)CCCCCN1C(=O)C=CC1=O)(C3)C2. The molecule has 6 aliphatic rings. The Kier molecular flexibility index (Phi) is 20.3. The highest BCUT2D eigenvalue weighted by atomic mass is 32.1. The molecule has 522 valence electrons. The number of aliphatic hydroxyl groups excluding tert-OH is 3. The first-order valence-electron chi connectivity index (χ1n) is 33.3. The Morgan fingerprint density at radius 3 is 2.30 bits per heavy atom. The third-order valence-electron chi connectivity index (χ3n) is 19.8. The van der Waals surface area contributed by atoms with E-state index < -0.39 is 54.0 Å². The smallest absolute Gasteiger partial charge is 0.409 e. The molecule has 7 aromatic rings. The van der Waals surface area contributed by atoms with Gasteiger partial charge in [-0.3, -0.25) is 43.9 Å². The van der Waals surface area contributed by atoms with Crippen LogP contribution in [0, 0.1) is 29.1 Å². The minimum absolute atomic E-state index is 0.00223. The normalized spacial score (nSPS) is 24.6. The fourth-order valence-corrected chi connectivity index (χ4v) is 17.2. The van der Waals surface area contributed by atoms with Gasteiger partial charge in [0.1, 0.15) is 43.0 Å². The van der Waals surface area contributed by atoms with Crippen LogP contribution in [0.3, 0.4) is 0 Å². The molecule has 26 nitrogen and oxygen atoms in total. The van der Waals surface area contributed by atoms with Gasteiger partial charge in [0.15, 0.2) is 10.8 Å². The number of nitrogens with one attached hydrogen (secondary N) is 2. The molecule has 4 aromatic heterocycles. The van der Waals surface area contributed by atoms with Gasteiger partial charge in [-0.15, -0.1) is 0 Å². The molecule has 99 heavy (non-hydrogen) atoms. The van der Waals surface area contributed by atoms with E-state index in [0.717, 1.165) is 54.4 Å². The molecule has 27 heteroatoms. The second kappa shape index (κ2) is 28.9. The highest BCUT2D eigenvalue weighted by Crippen LogP contribution is 2.72. The molecule has 5 aliphatic carbocycles. The lowest BCUT2D eigenvalue weighted by molar-refractivity contribution is -0.248. The number of hydrogen-bond donors (Lipinski definition) is 7. The maximum absolute atomic E-state index is 13.8. The Hall–Kier alpha value is -9.25. The number of benzene rings is 3. The zero-order valence-corrected chi connectivity index (χ0v) is 56.3. The van der Waals surface area contributed by atoms with Crippen molar-refractivity contribution in [1.29, 1.82) is 0 Å². The molecule has 7 atom stereocenters. The van der Waals surface area contributed by atoms with Crippen LogP contribution in [0.25, 0.3) is 43.5 Å². The number of nitrogens with zero attached hydrogens (tertiary/aromatic N) is 7. The minimum Gasteiger partial charge on any atom is -0.491 e. The van der Waals surface area contributed by atoms with Crippen LogP contribution < -0.4 is 20.1 Å². The number of aromatic carboxylic acids is 1. The summed E-state index contributed by atoms with van der Waals surface area (Å²) in [4.78, 5) is 105. The quantitative estimate of drug-likeness (QED) is 0.0171. The summed E-state index contributed by atoms with van der Waals surface area (Å²) in [6, 6.07) is 22.8. The summed E-state index contributed by atoms with van der Waals surface area (Å²) >= 11 is 1.37. The van der Waals surface area contributed by atoms with Crippen molar-refractivity contribution in [3.63, 3.8) is 0 Å². The van der Waals surface area contributed by atoms with Gasteiger partial charge in [0.25, 0.3) is 17.7 Å². The van der Waals surface area contributed by atoms with Gasteiger partial charge < -0.3 is 59.4 Å². The molecule has 5 saturated carbocycles. The third kappa shape index (κ3) is 15.5. The van der Waals surface area contributed by atoms with Crippen LogP contribution in [-0.2, 0) is 46.5 Å². The number of carbonyl (C=O) groups excluding carboxylic acids is 5. The van der Waals surface area contributed by atoms with E-state index >= 15 is 0 Å². The molecule has 0 radical (unpaired) electrons. The van der Waals surface area contributed by atoms with Crippen LogP contribution in [0.1, 0.15) is 117 Å². The Morgan fingerprint density at radius 1 is 0.778 bits per heavy atom. The van der Waals surface area contributed by atoms with Gasteiger partial charge in [0.05, 0.1) is 65.1 Å². The summed E-state index contributed by atoms with van der Waals surface area (Å²) in [6.07, 6.45) is 6.03. The molecule has 2 unspecified atom stereocenters. The van der Waals surface area contributed by atoms with E-state index in [9.17, 15) is 59.1 Å². The van der Waals surface area contributed by atoms with Crippen molar-refractivity contribution in [3.05, 3.63) is 126 Å². The highest BCUT2D eigenvalue weighted by Gasteiger charge is 2.66. The number of rotatable bonds is 29. The number of amides is 5. The lowest BCUT2D eigenvalue weighted by atomic mass is 9.39. The Morgan fingerprint density at radius 2 is 1.55 bits per heavy atom. The van der Waals surface area contributed by atoms with Crippen molar-refractivity contribution in [1.82, 2.24) is 39.8 Å². The number of aliphatic carboxylic acids is 1. The number of carboxylic acid groups (broad SMARTS) is 2. The number of imide groups is 1. The number of unbranched alkanes of at least 4 members (excludes halogenated alkanes) is 2. The number of carbonyl (C=O) groups is 7. The van der Waals surface area contributed by atoms with E-state index in [1.54, 1.807) is 61.9 Å². The number of aromatic nitrogens is 5. The van der Waals surface area contributed by atoms with Gasteiger partial charge >= 0.3 is 18.0 Å². The number of thiazole rings is 1. The number of anilines is 1. The summed E-state index contributed by atoms with van der Waals surface area (Å²) in [5.41, 5.74) is 3.97. The largest absolute Gasteiger partial charge is 0.491 e. The van der Waals surface area contributed by atoms with Crippen molar-refractivity contribution in [2.75, 3.05) is 58.4 Å². The predicted molar refractivity (Wildman–Crippen MR) is 362 cm³/mol. The molecule has 3 aromatic carbocycles. The van der Waals surface area contributed by atoms with Gasteiger partial charge in [-0.2, -0.15) is 5.10 Å². The fourth-order valence-electron chi connectivity index (χ4n) is 16.3. The molecule has 13 rings (SSSR count). The number of fused-ring (bicyclic) bond motifs is 2. The highest BCUT2D eigenvalue weighted by molar-refractivity contribution is 7.22. The van der Waals surface area contributed by atoms with E-state index in [4.69, 9.17) is 33.8 Å². The van der Waals surface area contributed by atoms with Crippen LogP contribution >= 0.6 is 11.3 Å². The molecule has 0 spiro atoms. The van der Waals surface area contributed by atoms with Crippen LogP contribution in [0.15, 0.2) is 103 Å². The maximum atomic E-state index is 13.8. The lowest BCUT2D eigenvalue weighted by Gasteiger charge is -2.69. The molecule has 5 fully saturated rings. The van der Waals surface area contributed by atoms with Crippen molar-refractivity contribution >= 4 is 79.2 Å². The van der Waals surface area contributed by atoms with Crippen molar-refractivity contribution in [2.24, 2.45) is 22.2 Å². The monoisotopic (exact) mass is 1380 g/mol. The van der Waals surface area contributed by atoms with Gasteiger partial charge in [-0.1, -0.05) is 49.8 Å². The van der Waals surface area contributed by atoms with Crippen LogP contribution in [0.4, 0.5) is 9.93 Å². The average molecular weight is 1380 g/mol. The average Bonchev–Trinajstić information content (AvgIpc) is 1.02. The number of para-hydroxylation sites is 1. The van der Waals surface area contributed by atoms with E-state index in [0.29, 0.717) is 81.9 Å². The lowest BCUT2D eigenvalue weighted by Crippen LogP contribution is -2.64. The van der Waals surface area contributed by atoms with Crippen molar-refractivity contribution in [2.45, 2.75) is 135 Å². The van der Waals surface area contributed by atoms with E-state index in [1.165, 1.54) is 45.4 Å². The van der Waals surface area contributed by atoms with Gasteiger partial charge in [-0.05, 0) is 129 Å². The number of ether oxygens (including phenoxy) is 5. The summed E-state index contributed by atoms with van der Waals surface area (Å²) in [7, 11) is 1.62. The summed E-state index contributed by atoms with van der Waals surface area (Å²) in [5.74, 6) is -4.84. The molecule has 5 amide bonds. The fraction of sp³-hybridized carbons (Fsp3) is 0.458. The van der Waals surface area contributed by atoms with Crippen LogP contribution in [-0.4, -0.2) is 185 Å². The molecule has 0 saturated heterocycles. The third-order valence-corrected chi connectivity index (χ3v) is 20.7. The molecule has 7 N–H and O–H groups in total. The first-order chi connectivity index (χ1) is 47.4. The van der Waals surface area contributed by atoms with Gasteiger partial charge in [-0.25, -0.2) is 19.6 Å². The Labute approximate surface area is 574 Å². The summed E-state index contributed by atoms with van der Waals surface area (Å²) in [6.45, 7) is 8.18. The molecule has 1 aliphatic heterocycles. The zero-order chi connectivity index (χ0) is 70.0. The van der Waals surface area contributed by atoms with E-state index in [-0.39, 0.29) is 116 Å². The van der Waals surface area contributed by atoms with Crippen molar-refractivity contribution in [3.8, 4) is 33.9 Å². The standard InChI is InChI=1S/C72H81N9O17S/c1-42-50(46-18-19-51(76-60(46)66(91)92)44-29-48-47(11-10-13-52(48)74-32-44)64(88)78-67-77-53-12-7-8-14-56(53)99-67)33-75-81(42)41-71-36-69(2)35-70(3,37-71)39-72(38-69,40-71)97-26-24-79(4)68(93)96-34-43-16-17-45(98-55-31-49(65(89)90)61(85)63(87)62(55)86)30-54(43)95-28-27-94-25-22-73-57(82)15-6-5-9-23-80-58(83)20-21-59(80)84/h7-8,10-14,16-21,29-30,32-33,49,55,61-63,85-87H,5-6,9,15,22-28,31,34-41H2,1-4H3,(H,73,82)(H,89,90)(H,91,92)(H,77,78,88)/t49-,55+,61+,62-,63-,69?,70?,71?,72?/m0/s1. The predicted octanol–water partition coefficient (Wildman–Crippen LogP) is 8.36. The molecular formula is C72H81N9O17S. The summed E-state index contributed by atoms with van der Waals surface area (Å²) in [5, 5.41) is 63.8. The van der Waals surface area contributed by atoms with E-state index in [1.807, 2.05) is 35.9 Å². The van der Waals surface area contributed by atoms with Crippen LogP contribution in [0.5, 0.6) is 11.5 Å². The number of pyridine rings is 2. The van der Waals surface area contributed by atoms with Crippen LogP contribution in [0.2, 0.25) is 0 Å². The van der Waals surface area contributed by atoms with E-state index in [2.05, 4.69) is 34.4 Å². The number of carboxylic acids is 2. The first kappa shape index (κ1) is 69.6. The second-order valence-corrected chi connectivity index (χ2v) is 28.8. The Bertz CT molecular complexity index is 4220. The van der Waals surface area contributed by atoms with Crippen molar-refractivity contribution < 1.29 is 82.8 Å². The second-order valence-electron chi connectivity index (χ2n) is 27.8. The minimum atomic E-state index is -1.79. The molecule has 4 bridgehead atoms.